The molecule has 1 aromatic rings. The standard InChI is InChI=1S/C14H18O4S/c1-3-17-14(16)9-8-11(15)10-18-12-6-4-5-7-13(12)19-2/h4-7H,3,8-10H2,1-2H3. The first kappa shape index (κ1) is 15.6. The molecular formula is C14H18O4S. The predicted octanol–water partition coefficient (Wildman–Crippen LogP) is 2.70. The first-order valence-electron chi connectivity index (χ1n) is 6.10. The Labute approximate surface area is 117 Å². The van der Waals surface area contributed by atoms with Gasteiger partial charge in [-0.1, -0.05) is 12.1 Å². The molecule has 0 saturated carbocycles. The minimum Gasteiger partial charge on any atom is -0.485 e. The predicted molar refractivity (Wildman–Crippen MR) is 74.6 cm³/mol. The average Bonchev–Trinajstić information content (AvgIpc) is 2.43. The highest BCUT2D eigenvalue weighted by Gasteiger charge is 2.09. The summed E-state index contributed by atoms with van der Waals surface area (Å²) in [7, 11) is 0. The summed E-state index contributed by atoms with van der Waals surface area (Å²) in [4.78, 5) is 23.7. The van der Waals surface area contributed by atoms with Crippen LogP contribution in [-0.2, 0) is 14.3 Å². The SMILES string of the molecule is CCOC(=O)CCC(=O)COc1ccccc1SC. The fourth-order valence-electron chi connectivity index (χ4n) is 1.44. The lowest BCUT2D eigenvalue weighted by Gasteiger charge is -2.08. The van der Waals surface area contributed by atoms with Gasteiger partial charge < -0.3 is 9.47 Å². The van der Waals surface area contributed by atoms with Crippen LogP contribution in [0.1, 0.15) is 19.8 Å². The van der Waals surface area contributed by atoms with E-state index < -0.39 is 0 Å². The van der Waals surface area contributed by atoms with Crippen molar-refractivity contribution in [3.05, 3.63) is 24.3 Å². The molecule has 0 atom stereocenters. The highest BCUT2D eigenvalue weighted by atomic mass is 32.2. The van der Waals surface area contributed by atoms with Crippen molar-refractivity contribution in [2.45, 2.75) is 24.7 Å². The molecule has 0 aromatic heterocycles. The summed E-state index contributed by atoms with van der Waals surface area (Å²) in [6.07, 6.45) is 2.21. The largest absolute Gasteiger partial charge is 0.485 e. The molecule has 1 aromatic carbocycles. The number of Topliss-reactive ketones (excluding diaryl/α,β-unsaturated/α-hetero) is 1. The van der Waals surface area contributed by atoms with Gasteiger partial charge in [0.25, 0.3) is 0 Å². The summed E-state index contributed by atoms with van der Waals surface area (Å²) in [6, 6.07) is 7.53. The third-order valence-electron chi connectivity index (χ3n) is 2.37. The van der Waals surface area contributed by atoms with Crippen LogP contribution in [-0.4, -0.2) is 31.2 Å². The Morgan fingerprint density at radius 3 is 2.63 bits per heavy atom. The van der Waals surface area contributed by atoms with Gasteiger partial charge in [-0.15, -0.1) is 11.8 Å². The second kappa shape index (κ2) is 8.58. The Balaban J connectivity index is 2.35. The molecule has 0 aliphatic rings. The molecule has 1 rings (SSSR count). The van der Waals surface area contributed by atoms with Crippen LogP contribution in [0.4, 0.5) is 0 Å². The van der Waals surface area contributed by atoms with Crippen LogP contribution in [0.25, 0.3) is 0 Å². The van der Waals surface area contributed by atoms with Crippen LogP contribution >= 0.6 is 11.8 Å². The van der Waals surface area contributed by atoms with Gasteiger partial charge in [0.15, 0.2) is 5.78 Å². The highest BCUT2D eigenvalue weighted by molar-refractivity contribution is 7.98. The third kappa shape index (κ3) is 5.79. The van der Waals surface area contributed by atoms with E-state index in [-0.39, 0.29) is 31.2 Å². The maximum Gasteiger partial charge on any atom is 0.306 e. The Hall–Kier alpha value is -1.49. The summed E-state index contributed by atoms with van der Waals surface area (Å²) < 4.78 is 10.2. The molecule has 0 aliphatic carbocycles. The van der Waals surface area contributed by atoms with E-state index in [0.29, 0.717) is 12.4 Å². The maximum atomic E-state index is 11.6. The number of rotatable bonds is 8. The zero-order valence-corrected chi connectivity index (χ0v) is 12.0. The minimum absolute atomic E-state index is 0.0169. The second-order valence-corrected chi connectivity index (χ2v) is 4.63. The lowest BCUT2D eigenvalue weighted by Crippen LogP contribution is -2.14. The highest BCUT2D eigenvalue weighted by Crippen LogP contribution is 2.26. The van der Waals surface area contributed by atoms with Gasteiger partial charge in [-0.2, -0.15) is 0 Å². The Morgan fingerprint density at radius 1 is 1.21 bits per heavy atom. The van der Waals surface area contributed by atoms with Crippen molar-refractivity contribution in [3.8, 4) is 5.75 Å². The van der Waals surface area contributed by atoms with Crippen LogP contribution in [0, 0.1) is 0 Å². The topological polar surface area (TPSA) is 52.6 Å². The molecule has 4 nitrogen and oxygen atoms in total. The molecule has 0 spiro atoms. The van der Waals surface area contributed by atoms with Crippen molar-refractivity contribution in [1.29, 1.82) is 0 Å². The number of hydrogen-bond donors (Lipinski definition) is 0. The normalized spacial score (nSPS) is 10.0. The van der Waals surface area contributed by atoms with Gasteiger partial charge in [-0.3, -0.25) is 9.59 Å². The average molecular weight is 282 g/mol. The van der Waals surface area contributed by atoms with Gasteiger partial charge in [-0.05, 0) is 25.3 Å². The molecular weight excluding hydrogens is 264 g/mol. The van der Waals surface area contributed by atoms with E-state index in [1.165, 1.54) is 0 Å². The number of carbonyl (C=O) groups excluding carboxylic acids is 2. The van der Waals surface area contributed by atoms with Crippen LogP contribution in [0.2, 0.25) is 0 Å². The smallest absolute Gasteiger partial charge is 0.306 e. The zero-order valence-electron chi connectivity index (χ0n) is 11.2. The summed E-state index contributed by atoms with van der Waals surface area (Å²) in [5.74, 6) is 0.240. The summed E-state index contributed by atoms with van der Waals surface area (Å²) in [5.41, 5.74) is 0. The summed E-state index contributed by atoms with van der Waals surface area (Å²) in [5, 5.41) is 0. The van der Waals surface area contributed by atoms with Gasteiger partial charge in [0, 0.05) is 11.3 Å². The van der Waals surface area contributed by atoms with Crippen LogP contribution < -0.4 is 4.74 Å². The molecule has 0 radical (unpaired) electrons. The quantitative estimate of drug-likeness (QED) is 0.542. The summed E-state index contributed by atoms with van der Waals surface area (Å²) in [6.45, 7) is 2.06. The van der Waals surface area contributed by atoms with Crippen molar-refractivity contribution in [2.75, 3.05) is 19.5 Å². The van der Waals surface area contributed by atoms with Gasteiger partial charge in [0.2, 0.25) is 0 Å². The fraction of sp³-hybridized carbons (Fsp3) is 0.429. The Kier molecular flexibility index (Phi) is 7.03. The van der Waals surface area contributed by atoms with Crippen molar-refractivity contribution in [2.24, 2.45) is 0 Å². The molecule has 0 unspecified atom stereocenters. The Bertz CT molecular complexity index is 431. The number of hydrogen-bond acceptors (Lipinski definition) is 5. The van der Waals surface area contributed by atoms with Gasteiger partial charge in [0.1, 0.15) is 12.4 Å². The molecule has 0 fully saturated rings. The molecule has 19 heavy (non-hydrogen) atoms. The molecule has 0 N–H and O–H groups in total. The molecule has 0 aliphatic heterocycles. The Morgan fingerprint density at radius 2 is 1.95 bits per heavy atom. The van der Waals surface area contributed by atoms with Crippen LogP contribution in [0.15, 0.2) is 29.2 Å². The molecule has 104 valence electrons. The van der Waals surface area contributed by atoms with Gasteiger partial charge in [0.05, 0.1) is 13.0 Å². The maximum absolute atomic E-state index is 11.6. The van der Waals surface area contributed by atoms with Crippen molar-refractivity contribution in [1.82, 2.24) is 0 Å². The van der Waals surface area contributed by atoms with Crippen molar-refractivity contribution >= 4 is 23.5 Å². The van der Waals surface area contributed by atoms with E-state index in [0.717, 1.165) is 4.90 Å². The molecule has 5 heteroatoms. The van der Waals surface area contributed by atoms with E-state index in [9.17, 15) is 9.59 Å². The van der Waals surface area contributed by atoms with E-state index in [2.05, 4.69) is 0 Å². The number of carbonyl (C=O) groups is 2. The molecule has 0 bridgehead atoms. The molecule has 0 heterocycles. The van der Waals surface area contributed by atoms with Crippen molar-refractivity contribution < 1.29 is 19.1 Å². The molecule has 0 saturated heterocycles. The van der Waals surface area contributed by atoms with Crippen LogP contribution in [0.3, 0.4) is 0 Å². The number of thioether (sulfide) groups is 1. The van der Waals surface area contributed by atoms with Gasteiger partial charge in [-0.25, -0.2) is 0 Å². The van der Waals surface area contributed by atoms with E-state index in [1.807, 2.05) is 30.5 Å². The van der Waals surface area contributed by atoms with Gasteiger partial charge >= 0.3 is 5.97 Å². The molecule has 0 amide bonds. The summed E-state index contributed by atoms with van der Waals surface area (Å²) >= 11 is 1.56. The third-order valence-corrected chi connectivity index (χ3v) is 3.15. The van der Waals surface area contributed by atoms with E-state index >= 15 is 0 Å². The number of esters is 1. The first-order valence-corrected chi connectivity index (χ1v) is 7.33. The minimum atomic E-state index is -0.347. The fourth-order valence-corrected chi connectivity index (χ4v) is 1.99. The number of ether oxygens (including phenoxy) is 2. The lowest BCUT2D eigenvalue weighted by atomic mass is 10.2. The number of ketones is 1. The van der Waals surface area contributed by atoms with E-state index in [1.54, 1.807) is 18.7 Å². The van der Waals surface area contributed by atoms with E-state index in [4.69, 9.17) is 9.47 Å². The first-order chi connectivity index (χ1) is 9.17. The number of benzene rings is 1. The lowest BCUT2D eigenvalue weighted by molar-refractivity contribution is -0.144. The monoisotopic (exact) mass is 282 g/mol. The van der Waals surface area contributed by atoms with Crippen LogP contribution in [0.5, 0.6) is 5.75 Å². The zero-order chi connectivity index (χ0) is 14.1. The second-order valence-electron chi connectivity index (χ2n) is 3.78. The number of para-hydroxylation sites is 1. The van der Waals surface area contributed by atoms with Crippen molar-refractivity contribution in [3.63, 3.8) is 0 Å².